The monoisotopic (exact) mass is 265 g/mol. The van der Waals surface area contributed by atoms with Gasteiger partial charge in [-0.15, -0.1) is 0 Å². The molecule has 92 valence electrons. The molecule has 0 radical (unpaired) electrons. The molecule has 0 spiro atoms. The first-order valence-corrected chi connectivity index (χ1v) is 6.01. The number of halogens is 3. The Morgan fingerprint density at radius 3 is 2.67 bits per heavy atom. The first-order valence-electron chi connectivity index (χ1n) is 5.63. The third kappa shape index (κ3) is 1.95. The number of nitrogens with one attached hydrogen (secondary N) is 1. The van der Waals surface area contributed by atoms with Crippen LogP contribution in [0.25, 0.3) is 0 Å². The summed E-state index contributed by atoms with van der Waals surface area (Å²) in [6.45, 7) is 0. The summed E-state index contributed by atoms with van der Waals surface area (Å²) in [6.07, 6.45) is 0.748. The summed E-state index contributed by atoms with van der Waals surface area (Å²) < 4.78 is 26.1. The lowest BCUT2D eigenvalue weighted by Gasteiger charge is -2.11. The van der Waals surface area contributed by atoms with Crippen LogP contribution < -0.4 is 5.32 Å². The summed E-state index contributed by atoms with van der Waals surface area (Å²) in [5.74, 6) is -1.64. The van der Waals surface area contributed by atoms with Gasteiger partial charge in [-0.1, -0.05) is 23.7 Å². The number of fused-ring (bicyclic) bond motifs is 1. The number of benzene rings is 2. The molecule has 0 saturated carbocycles. The maximum atomic E-state index is 13.2. The summed E-state index contributed by atoms with van der Waals surface area (Å²) in [6, 6.07) is 9.58. The topological polar surface area (TPSA) is 12.0 Å². The zero-order valence-electron chi connectivity index (χ0n) is 9.38. The Morgan fingerprint density at radius 1 is 1.06 bits per heavy atom. The van der Waals surface area contributed by atoms with Crippen LogP contribution in [-0.2, 0) is 6.42 Å². The molecule has 0 aromatic heterocycles. The van der Waals surface area contributed by atoms with Crippen molar-refractivity contribution in [2.45, 2.75) is 12.5 Å². The van der Waals surface area contributed by atoms with Crippen molar-refractivity contribution in [3.05, 3.63) is 64.2 Å². The molecule has 18 heavy (non-hydrogen) atoms. The lowest BCUT2D eigenvalue weighted by molar-refractivity contribution is 0.506. The van der Waals surface area contributed by atoms with Crippen molar-refractivity contribution in [2.75, 3.05) is 5.32 Å². The molecule has 1 N–H and O–H groups in total. The van der Waals surface area contributed by atoms with Crippen molar-refractivity contribution in [3.63, 3.8) is 0 Å². The van der Waals surface area contributed by atoms with E-state index in [1.807, 2.05) is 18.2 Å². The van der Waals surface area contributed by atoms with Gasteiger partial charge in [0.1, 0.15) is 0 Å². The van der Waals surface area contributed by atoms with Crippen LogP contribution in [0.15, 0.2) is 36.4 Å². The third-order valence-corrected chi connectivity index (χ3v) is 3.41. The molecule has 1 aliphatic heterocycles. The second-order valence-electron chi connectivity index (χ2n) is 4.38. The van der Waals surface area contributed by atoms with Gasteiger partial charge in [-0.25, -0.2) is 8.78 Å². The van der Waals surface area contributed by atoms with E-state index in [4.69, 9.17) is 11.6 Å². The Hall–Kier alpha value is -1.61. The molecule has 0 fully saturated rings. The van der Waals surface area contributed by atoms with Crippen LogP contribution in [0.5, 0.6) is 0 Å². The smallest absolute Gasteiger partial charge is 0.159 e. The second-order valence-corrected chi connectivity index (χ2v) is 4.81. The number of hydrogen-bond acceptors (Lipinski definition) is 1. The minimum Gasteiger partial charge on any atom is -0.378 e. The standard InChI is InChI=1S/C14H10ClF2N/c15-10-3-1-9-6-13(18-14(9)7-10)8-2-4-11(16)12(17)5-8/h1-5,7,13,18H,6H2. The molecule has 3 rings (SSSR count). The van der Waals surface area contributed by atoms with Crippen LogP contribution in [0.1, 0.15) is 17.2 Å². The molecular formula is C14H10ClF2N. The predicted molar refractivity (Wildman–Crippen MR) is 67.9 cm³/mol. The first-order chi connectivity index (χ1) is 8.63. The molecule has 4 heteroatoms. The second kappa shape index (κ2) is 4.25. The van der Waals surface area contributed by atoms with E-state index in [2.05, 4.69) is 5.32 Å². The lowest BCUT2D eigenvalue weighted by Crippen LogP contribution is -2.06. The number of rotatable bonds is 1. The van der Waals surface area contributed by atoms with Gasteiger partial charge in [0.05, 0.1) is 6.04 Å². The molecule has 0 aliphatic carbocycles. The van der Waals surface area contributed by atoms with E-state index in [9.17, 15) is 8.78 Å². The van der Waals surface area contributed by atoms with E-state index in [0.717, 1.165) is 29.3 Å². The molecule has 1 unspecified atom stereocenters. The van der Waals surface area contributed by atoms with Gasteiger partial charge in [0, 0.05) is 10.7 Å². The van der Waals surface area contributed by atoms with Crippen molar-refractivity contribution in [1.29, 1.82) is 0 Å². The predicted octanol–water partition coefficient (Wildman–Crippen LogP) is 4.33. The van der Waals surface area contributed by atoms with Gasteiger partial charge in [0.25, 0.3) is 0 Å². The zero-order valence-corrected chi connectivity index (χ0v) is 10.1. The van der Waals surface area contributed by atoms with E-state index in [0.29, 0.717) is 5.02 Å². The number of hydrogen-bond donors (Lipinski definition) is 1. The highest BCUT2D eigenvalue weighted by molar-refractivity contribution is 6.30. The molecule has 0 bridgehead atoms. The maximum absolute atomic E-state index is 13.2. The molecule has 1 aliphatic rings. The van der Waals surface area contributed by atoms with E-state index in [1.54, 1.807) is 6.07 Å². The molecule has 2 aromatic carbocycles. The van der Waals surface area contributed by atoms with Gasteiger partial charge < -0.3 is 5.32 Å². The highest BCUT2D eigenvalue weighted by atomic mass is 35.5. The SMILES string of the molecule is Fc1ccc(C2Cc3ccc(Cl)cc3N2)cc1F. The third-order valence-electron chi connectivity index (χ3n) is 3.17. The van der Waals surface area contributed by atoms with E-state index < -0.39 is 11.6 Å². The van der Waals surface area contributed by atoms with Crippen LogP contribution in [0, 0.1) is 11.6 Å². The molecule has 0 amide bonds. The molecular weight excluding hydrogens is 256 g/mol. The van der Waals surface area contributed by atoms with Gasteiger partial charge in [0.2, 0.25) is 0 Å². The van der Waals surface area contributed by atoms with E-state index >= 15 is 0 Å². The fourth-order valence-electron chi connectivity index (χ4n) is 2.25. The average Bonchev–Trinajstić information content (AvgIpc) is 2.75. The Labute approximate surface area is 108 Å². The largest absolute Gasteiger partial charge is 0.378 e. The van der Waals surface area contributed by atoms with Crippen molar-refractivity contribution in [1.82, 2.24) is 0 Å². The normalized spacial score (nSPS) is 17.4. The minimum atomic E-state index is -0.822. The van der Waals surface area contributed by atoms with Crippen molar-refractivity contribution < 1.29 is 8.78 Å². The Morgan fingerprint density at radius 2 is 1.89 bits per heavy atom. The van der Waals surface area contributed by atoms with Crippen LogP contribution in [-0.4, -0.2) is 0 Å². The molecule has 1 nitrogen and oxygen atoms in total. The van der Waals surface area contributed by atoms with Gasteiger partial charge in [-0.05, 0) is 41.8 Å². The van der Waals surface area contributed by atoms with Crippen LogP contribution in [0.2, 0.25) is 5.02 Å². The van der Waals surface area contributed by atoms with Gasteiger partial charge in [-0.3, -0.25) is 0 Å². The van der Waals surface area contributed by atoms with Crippen LogP contribution >= 0.6 is 11.6 Å². The highest BCUT2D eigenvalue weighted by Crippen LogP contribution is 2.35. The minimum absolute atomic E-state index is 0.0337. The summed E-state index contributed by atoms with van der Waals surface area (Å²) in [7, 11) is 0. The Bertz CT molecular complexity index is 613. The summed E-state index contributed by atoms with van der Waals surface area (Å²) >= 11 is 5.91. The van der Waals surface area contributed by atoms with Crippen molar-refractivity contribution >= 4 is 17.3 Å². The average molecular weight is 266 g/mol. The van der Waals surface area contributed by atoms with Crippen LogP contribution in [0.3, 0.4) is 0 Å². The molecule has 1 heterocycles. The number of anilines is 1. The van der Waals surface area contributed by atoms with Gasteiger partial charge in [-0.2, -0.15) is 0 Å². The highest BCUT2D eigenvalue weighted by Gasteiger charge is 2.22. The fraction of sp³-hybridized carbons (Fsp3) is 0.143. The van der Waals surface area contributed by atoms with E-state index in [1.165, 1.54) is 6.07 Å². The Kier molecular flexibility index (Phi) is 2.71. The summed E-state index contributed by atoms with van der Waals surface area (Å²) in [5.41, 5.74) is 2.83. The van der Waals surface area contributed by atoms with Crippen molar-refractivity contribution in [2.24, 2.45) is 0 Å². The molecule has 0 saturated heterocycles. The summed E-state index contributed by atoms with van der Waals surface area (Å²) in [4.78, 5) is 0. The van der Waals surface area contributed by atoms with Crippen LogP contribution in [0.4, 0.5) is 14.5 Å². The Balaban J connectivity index is 1.91. The quantitative estimate of drug-likeness (QED) is 0.809. The maximum Gasteiger partial charge on any atom is 0.159 e. The summed E-state index contributed by atoms with van der Waals surface area (Å²) in [5, 5.41) is 3.92. The van der Waals surface area contributed by atoms with Crippen molar-refractivity contribution in [3.8, 4) is 0 Å². The first kappa shape index (κ1) is 11.5. The zero-order chi connectivity index (χ0) is 12.7. The van der Waals surface area contributed by atoms with Gasteiger partial charge in [0.15, 0.2) is 11.6 Å². The van der Waals surface area contributed by atoms with Gasteiger partial charge >= 0.3 is 0 Å². The molecule has 2 aromatic rings. The fourth-order valence-corrected chi connectivity index (χ4v) is 2.42. The lowest BCUT2D eigenvalue weighted by atomic mass is 10.0. The molecule has 1 atom stereocenters. The van der Waals surface area contributed by atoms with E-state index in [-0.39, 0.29) is 6.04 Å².